The van der Waals surface area contributed by atoms with Gasteiger partial charge in [0.05, 0.1) is 5.71 Å². The molecule has 0 aromatic heterocycles. The highest BCUT2D eigenvalue weighted by Crippen LogP contribution is 2.27. The fourth-order valence-electron chi connectivity index (χ4n) is 3.18. The number of oxime groups is 1. The molecular formula is C16H30N2O2. The van der Waals surface area contributed by atoms with Crippen molar-refractivity contribution in [1.82, 2.24) is 4.90 Å². The van der Waals surface area contributed by atoms with E-state index in [0.29, 0.717) is 31.8 Å². The molecule has 1 N–H and O–H groups in total. The molecule has 0 radical (unpaired) electrons. The summed E-state index contributed by atoms with van der Waals surface area (Å²) in [5.74, 6) is 0.878. The number of nitrogens with zero attached hydrogens (tertiary/aromatic N) is 2. The molecule has 1 saturated heterocycles. The van der Waals surface area contributed by atoms with Crippen LogP contribution in [0.3, 0.4) is 0 Å². The van der Waals surface area contributed by atoms with Crippen molar-refractivity contribution in [2.75, 3.05) is 13.1 Å². The van der Waals surface area contributed by atoms with Crippen LogP contribution in [0.25, 0.3) is 0 Å². The van der Waals surface area contributed by atoms with E-state index in [9.17, 15) is 4.79 Å². The van der Waals surface area contributed by atoms with Crippen LogP contribution in [-0.4, -0.2) is 34.8 Å². The largest absolute Gasteiger partial charge is 0.411 e. The zero-order chi connectivity index (χ0) is 15.3. The maximum atomic E-state index is 12.4. The van der Waals surface area contributed by atoms with Crippen LogP contribution in [-0.2, 0) is 4.79 Å². The lowest BCUT2D eigenvalue weighted by Crippen LogP contribution is -2.44. The number of piperidine rings is 1. The van der Waals surface area contributed by atoms with E-state index >= 15 is 0 Å². The Bertz CT molecular complexity index is 358. The summed E-state index contributed by atoms with van der Waals surface area (Å²) in [5, 5.41) is 12.4. The van der Waals surface area contributed by atoms with Crippen LogP contribution in [0.5, 0.6) is 0 Å². The zero-order valence-electron chi connectivity index (χ0n) is 13.6. The van der Waals surface area contributed by atoms with Gasteiger partial charge in [-0.15, -0.1) is 0 Å². The minimum Gasteiger partial charge on any atom is -0.411 e. The van der Waals surface area contributed by atoms with Crippen molar-refractivity contribution < 1.29 is 10.0 Å². The summed E-state index contributed by atoms with van der Waals surface area (Å²) in [6, 6.07) is 0. The van der Waals surface area contributed by atoms with Crippen molar-refractivity contribution >= 4 is 11.6 Å². The van der Waals surface area contributed by atoms with Gasteiger partial charge < -0.3 is 10.1 Å². The number of rotatable bonds is 4. The highest BCUT2D eigenvalue weighted by Gasteiger charge is 2.28. The average Bonchev–Trinajstić information content (AvgIpc) is 2.35. The van der Waals surface area contributed by atoms with Gasteiger partial charge in [0.2, 0.25) is 5.91 Å². The highest BCUT2D eigenvalue weighted by molar-refractivity contribution is 5.89. The van der Waals surface area contributed by atoms with Crippen molar-refractivity contribution in [3.8, 4) is 0 Å². The predicted molar refractivity (Wildman–Crippen MR) is 82.1 cm³/mol. The molecule has 20 heavy (non-hydrogen) atoms. The number of carbonyl (C=O) groups excluding carboxylic acids is 1. The first-order valence-electron chi connectivity index (χ1n) is 7.75. The van der Waals surface area contributed by atoms with E-state index in [2.05, 4.69) is 39.8 Å². The van der Waals surface area contributed by atoms with Gasteiger partial charge in [-0.2, -0.15) is 0 Å². The van der Waals surface area contributed by atoms with E-state index in [-0.39, 0.29) is 17.2 Å². The maximum absolute atomic E-state index is 12.4. The molecule has 0 spiro atoms. The fraction of sp³-hybridized carbons (Fsp3) is 0.875. The molecule has 4 heteroatoms. The van der Waals surface area contributed by atoms with E-state index < -0.39 is 0 Å². The molecule has 2 unspecified atom stereocenters. The van der Waals surface area contributed by atoms with Gasteiger partial charge >= 0.3 is 0 Å². The van der Waals surface area contributed by atoms with E-state index in [4.69, 9.17) is 5.21 Å². The molecule has 1 fully saturated rings. The van der Waals surface area contributed by atoms with Gasteiger partial charge in [0.15, 0.2) is 0 Å². The Labute approximate surface area is 123 Å². The molecular weight excluding hydrogens is 252 g/mol. The Morgan fingerprint density at radius 2 is 2.15 bits per heavy atom. The smallest absolute Gasteiger partial charge is 0.222 e. The molecule has 1 rings (SSSR count). The third-order valence-corrected chi connectivity index (χ3v) is 4.01. The minimum atomic E-state index is 0.218. The third kappa shape index (κ3) is 5.14. The standard InChI is InChI=1S/C16H30N2O2/c1-6-13-11-18(8-7-14(13)17-20)15(19)9-12(2)10-16(3,4)5/h12-13,20H,6-11H2,1-5H3. The van der Waals surface area contributed by atoms with Gasteiger partial charge in [0.1, 0.15) is 0 Å². The molecule has 116 valence electrons. The van der Waals surface area contributed by atoms with Gasteiger partial charge in [-0.3, -0.25) is 4.79 Å². The molecule has 1 heterocycles. The third-order valence-electron chi connectivity index (χ3n) is 4.01. The van der Waals surface area contributed by atoms with Gasteiger partial charge in [-0.25, -0.2) is 0 Å². The number of likely N-dealkylation sites (tertiary alicyclic amines) is 1. The quantitative estimate of drug-likeness (QED) is 0.633. The van der Waals surface area contributed by atoms with E-state index in [0.717, 1.165) is 18.6 Å². The summed E-state index contributed by atoms with van der Waals surface area (Å²) in [6.45, 7) is 12.3. The summed E-state index contributed by atoms with van der Waals surface area (Å²) < 4.78 is 0. The van der Waals surface area contributed by atoms with Gasteiger partial charge in [-0.1, -0.05) is 39.8 Å². The molecule has 4 nitrogen and oxygen atoms in total. The molecule has 0 aromatic carbocycles. The van der Waals surface area contributed by atoms with Crippen LogP contribution in [0, 0.1) is 17.3 Å². The summed E-state index contributed by atoms with van der Waals surface area (Å²) in [5.41, 5.74) is 1.11. The van der Waals surface area contributed by atoms with Gasteiger partial charge in [-0.05, 0) is 24.2 Å². The number of carbonyl (C=O) groups is 1. The summed E-state index contributed by atoms with van der Waals surface area (Å²) in [7, 11) is 0. The lowest BCUT2D eigenvalue weighted by atomic mass is 9.84. The first-order valence-corrected chi connectivity index (χ1v) is 7.75. The lowest BCUT2D eigenvalue weighted by molar-refractivity contribution is -0.133. The van der Waals surface area contributed by atoms with Crippen molar-refractivity contribution in [1.29, 1.82) is 0 Å². The second-order valence-electron chi connectivity index (χ2n) is 7.36. The van der Waals surface area contributed by atoms with Crippen LogP contribution >= 0.6 is 0 Å². The molecule has 0 saturated carbocycles. The minimum absolute atomic E-state index is 0.218. The molecule has 1 amide bonds. The van der Waals surface area contributed by atoms with Crippen molar-refractivity contribution in [2.24, 2.45) is 22.4 Å². The van der Waals surface area contributed by atoms with Crippen LogP contribution < -0.4 is 0 Å². The zero-order valence-corrected chi connectivity index (χ0v) is 13.6. The molecule has 0 aromatic rings. The average molecular weight is 282 g/mol. The van der Waals surface area contributed by atoms with Crippen molar-refractivity contribution in [2.45, 2.75) is 60.3 Å². The Morgan fingerprint density at radius 1 is 1.50 bits per heavy atom. The summed E-state index contributed by atoms with van der Waals surface area (Å²) in [6.07, 6.45) is 3.31. The maximum Gasteiger partial charge on any atom is 0.222 e. The van der Waals surface area contributed by atoms with Crippen LogP contribution in [0.15, 0.2) is 5.16 Å². The molecule has 0 aliphatic carbocycles. The summed E-state index contributed by atoms with van der Waals surface area (Å²) in [4.78, 5) is 14.3. The fourth-order valence-corrected chi connectivity index (χ4v) is 3.18. The molecule has 1 aliphatic rings. The molecule has 0 bridgehead atoms. The predicted octanol–water partition coefficient (Wildman–Crippen LogP) is 3.54. The van der Waals surface area contributed by atoms with E-state index in [1.54, 1.807) is 0 Å². The number of hydrogen-bond acceptors (Lipinski definition) is 3. The summed E-state index contributed by atoms with van der Waals surface area (Å²) >= 11 is 0. The SMILES string of the molecule is CCC1CN(C(=O)CC(C)CC(C)(C)C)CCC1=NO. The molecule has 1 aliphatic heterocycles. The second kappa shape index (κ2) is 7.09. The highest BCUT2D eigenvalue weighted by atomic mass is 16.4. The Morgan fingerprint density at radius 3 is 2.65 bits per heavy atom. The second-order valence-corrected chi connectivity index (χ2v) is 7.36. The first-order chi connectivity index (χ1) is 9.26. The van der Waals surface area contributed by atoms with Crippen molar-refractivity contribution in [3.63, 3.8) is 0 Å². The topological polar surface area (TPSA) is 52.9 Å². The van der Waals surface area contributed by atoms with Crippen LogP contribution in [0.1, 0.15) is 60.3 Å². The normalized spacial score (nSPS) is 23.9. The van der Waals surface area contributed by atoms with E-state index in [1.807, 2.05) is 4.90 Å². The number of amides is 1. The van der Waals surface area contributed by atoms with Gasteiger partial charge in [0.25, 0.3) is 0 Å². The van der Waals surface area contributed by atoms with Crippen molar-refractivity contribution in [3.05, 3.63) is 0 Å². The monoisotopic (exact) mass is 282 g/mol. The number of hydrogen-bond donors (Lipinski definition) is 1. The van der Waals surface area contributed by atoms with Crippen LogP contribution in [0.2, 0.25) is 0 Å². The Hall–Kier alpha value is -1.06. The first kappa shape index (κ1) is 17.0. The van der Waals surface area contributed by atoms with E-state index in [1.165, 1.54) is 0 Å². The molecule has 2 atom stereocenters. The Balaban J connectivity index is 2.52. The Kier molecular flexibility index (Phi) is 6.03. The van der Waals surface area contributed by atoms with Gasteiger partial charge in [0, 0.05) is 31.8 Å². The van der Waals surface area contributed by atoms with Crippen LogP contribution in [0.4, 0.5) is 0 Å². The lowest BCUT2D eigenvalue weighted by Gasteiger charge is -2.34.